The monoisotopic (exact) mass is 444 g/mol. The van der Waals surface area contributed by atoms with E-state index in [1.165, 1.54) is 25.1 Å². The molecule has 0 bridgehead atoms. The van der Waals surface area contributed by atoms with Crippen LogP contribution in [0.25, 0.3) is 0 Å². The van der Waals surface area contributed by atoms with Crippen molar-refractivity contribution in [3.8, 4) is 17.2 Å². The predicted molar refractivity (Wildman–Crippen MR) is 90.7 cm³/mol. The second kappa shape index (κ2) is 6.97. The number of nitrogens with zero attached hydrogens (tertiary/aromatic N) is 1. The molecule has 0 radical (unpaired) electrons. The van der Waals surface area contributed by atoms with Crippen LogP contribution in [-0.2, 0) is 4.79 Å². The topological polar surface area (TPSA) is 105 Å². The van der Waals surface area contributed by atoms with Gasteiger partial charge in [0.1, 0.15) is 17.2 Å². The van der Waals surface area contributed by atoms with E-state index in [9.17, 15) is 14.9 Å². The van der Waals surface area contributed by atoms with E-state index in [4.69, 9.17) is 15.2 Å². The third-order valence-electron chi connectivity index (χ3n) is 2.65. The molecule has 23 heavy (non-hydrogen) atoms. The fourth-order valence-corrected chi connectivity index (χ4v) is 3.03. The summed E-state index contributed by atoms with van der Waals surface area (Å²) in [6.45, 7) is 1.29. The fourth-order valence-electron chi connectivity index (χ4n) is 1.72. The number of carbonyl (C=O) groups is 1. The van der Waals surface area contributed by atoms with Crippen LogP contribution < -0.4 is 15.2 Å². The van der Waals surface area contributed by atoms with E-state index in [2.05, 4.69) is 31.9 Å². The second-order valence-corrected chi connectivity index (χ2v) is 6.10. The molecule has 9 heteroatoms. The Morgan fingerprint density at radius 3 is 2.30 bits per heavy atom. The summed E-state index contributed by atoms with van der Waals surface area (Å²) in [5, 5.41) is 10.9. The first kappa shape index (κ1) is 17.2. The number of nitro benzene ring substituents is 1. The van der Waals surface area contributed by atoms with Gasteiger partial charge in [-0.25, -0.2) is 0 Å². The van der Waals surface area contributed by atoms with Gasteiger partial charge in [-0.1, -0.05) is 0 Å². The minimum atomic E-state index is -0.587. The summed E-state index contributed by atoms with van der Waals surface area (Å²) in [7, 11) is 0. The lowest BCUT2D eigenvalue weighted by Gasteiger charge is -2.12. The Balaban J connectivity index is 2.35. The molecule has 0 fully saturated rings. The number of hydrogen-bond acceptors (Lipinski definition) is 6. The number of rotatable bonds is 4. The van der Waals surface area contributed by atoms with Gasteiger partial charge in [-0.2, -0.15) is 0 Å². The maximum Gasteiger partial charge on any atom is 0.308 e. The number of halogens is 2. The normalized spacial score (nSPS) is 10.2. The molecular formula is C14H10Br2N2O5. The van der Waals surface area contributed by atoms with Crippen molar-refractivity contribution in [3.05, 3.63) is 49.4 Å². The van der Waals surface area contributed by atoms with Gasteiger partial charge in [0, 0.05) is 6.92 Å². The molecule has 0 unspecified atom stereocenters. The smallest absolute Gasteiger partial charge is 0.308 e. The molecule has 0 atom stereocenters. The number of esters is 1. The zero-order valence-corrected chi connectivity index (χ0v) is 14.9. The summed E-state index contributed by atoms with van der Waals surface area (Å²) < 4.78 is 11.6. The van der Waals surface area contributed by atoms with Gasteiger partial charge in [0.15, 0.2) is 5.75 Å². The first-order valence-electron chi connectivity index (χ1n) is 6.17. The van der Waals surface area contributed by atoms with Gasteiger partial charge >= 0.3 is 5.97 Å². The van der Waals surface area contributed by atoms with Crippen molar-refractivity contribution in [2.75, 3.05) is 5.73 Å². The van der Waals surface area contributed by atoms with Crippen molar-refractivity contribution >= 4 is 49.2 Å². The first-order valence-corrected chi connectivity index (χ1v) is 7.75. The van der Waals surface area contributed by atoms with Crippen molar-refractivity contribution in [2.45, 2.75) is 6.92 Å². The molecule has 0 saturated carbocycles. The second-order valence-electron chi connectivity index (χ2n) is 4.39. The number of ether oxygens (including phenoxy) is 2. The molecule has 0 aliphatic carbocycles. The zero-order valence-electron chi connectivity index (χ0n) is 11.7. The average Bonchev–Trinajstić information content (AvgIpc) is 2.43. The van der Waals surface area contributed by atoms with Crippen LogP contribution in [0.15, 0.2) is 39.3 Å². The van der Waals surface area contributed by atoms with Gasteiger partial charge in [-0.15, -0.1) is 0 Å². The molecule has 2 aromatic rings. The Morgan fingerprint density at radius 2 is 1.78 bits per heavy atom. The van der Waals surface area contributed by atoms with Crippen LogP contribution in [0, 0.1) is 10.1 Å². The van der Waals surface area contributed by atoms with Crippen LogP contribution in [0.4, 0.5) is 11.4 Å². The molecule has 2 N–H and O–H groups in total. The highest BCUT2D eigenvalue weighted by Gasteiger charge is 2.16. The van der Waals surface area contributed by atoms with Gasteiger partial charge in [-0.05, 0) is 56.1 Å². The van der Waals surface area contributed by atoms with E-state index >= 15 is 0 Å². The van der Waals surface area contributed by atoms with E-state index in [0.717, 1.165) is 0 Å². The van der Waals surface area contributed by atoms with E-state index in [1.807, 2.05) is 0 Å². The standard InChI is InChI=1S/C14H10Br2N2O5/c1-7(19)22-9-4-10(15)14(11(16)5-9)23-8-2-3-12(17)13(6-8)18(20)21/h2-6H,17H2,1H3. The molecule has 2 aromatic carbocycles. The quantitative estimate of drug-likeness (QED) is 0.245. The molecule has 0 aliphatic heterocycles. The summed E-state index contributed by atoms with van der Waals surface area (Å²) >= 11 is 6.60. The number of carbonyl (C=O) groups excluding carboxylic acids is 1. The third-order valence-corrected chi connectivity index (χ3v) is 3.83. The SMILES string of the molecule is CC(=O)Oc1cc(Br)c(Oc2ccc(N)c([N+](=O)[O-])c2)c(Br)c1. The summed E-state index contributed by atoms with van der Waals surface area (Å²) in [6, 6.07) is 7.23. The Labute approximate surface area is 147 Å². The Hall–Kier alpha value is -2.13. The van der Waals surface area contributed by atoms with Crippen molar-refractivity contribution in [2.24, 2.45) is 0 Å². The molecule has 0 saturated heterocycles. The number of nitro groups is 1. The number of nitrogen functional groups attached to an aromatic ring is 1. The van der Waals surface area contributed by atoms with Crippen LogP contribution in [-0.4, -0.2) is 10.9 Å². The van der Waals surface area contributed by atoms with Crippen LogP contribution in [0.5, 0.6) is 17.2 Å². The lowest BCUT2D eigenvalue weighted by Crippen LogP contribution is -2.01. The van der Waals surface area contributed by atoms with Crippen LogP contribution in [0.3, 0.4) is 0 Å². The highest BCUT2D eigenvalue weighted by atomic mass is 79.9. The van der Waals surface area contributed by atoms with Crippen molar-refractivity contribution in [3.63, 3.8) is 0 Å². The van der Waals surface area contributed by atoms with Crippen molar-refractivity contribution < 1.29 is 19.2 Å². The maximum absolute atomic E-state index is 11.0. The fraction of sp³-hybridized carbons (Fsp3) is 0.0714. The predicted octanol–water partition coefficient (Wildman–Crippen LogP) is 4.42. The van der Waals surface area contributed by atoms with E-state index in [-0.39, 0.29) is 17.1 Å². The van der Waals surface area contributed by atoms with Gasteiger partial charge in [0.25, 0.3) is 5.69 Å². The van der Waals surface area contributed by atoms with Gasteiger partial charge < -0.3 is 15.2 Å². The summed E-state index contributed by atoms with van der Waals surface area (Å²) in [6.07, 6.45) is 0. The highest BCUT2D eigenvalue weighted by molar-refractivity contribution is 9.11. The zero-order chi connectivity index (χ0) is 17.1. The van der Waals surface area contributed by atoms with Crippen LogP contribution >= 0.6 is 31.9 Å². The Morgan fingerprint density at radius 1 is 1.17 bits per heavy atom. The summed E-state index contributed by atoms with van der Waals surface area (Å²) in [5.74, 6) is 0.492. The molecule has 0 heterocycles. The number of nitrogens with two attached hydrogens (primary N) is 1. The largest absolute Gasteiger partial charge is 0.455 e. The maximum atomic E-state index is 11.0. The molecule has 2 rings (SSSR count). The molecular weight excluding hydrogens is 436 g/mol. The van der Waals surface area contributed by atoms with Gasteiger partial charge in [0.05, 0.1) is 19.9 Å². The number of hydrogen-bond donors (Lipinski definition) is 1. The first-order chi connectivity index (χ1) is 10.8. The van der Waals surface area contributed by atoms with Crippen LogP contribution in [0.1, 0.15) is 6.92 Å². The van der Waals surface area contributed by atoms with Crippen LogP contribution in [0.2, 0.25) is 0 Å². The van der Waals surface area contributed by atoms with Crippen molar-refractivity contribution in [1.82, 2.24) is 0 Å². The minimum absolute atomic E-state index is 0.0469. The molecule has 0 aliphatic rings. The molecule has 0 aromatic heterocycles. The Bertz CT molecular complexity index is 772. The minimum Gasteiger partial charge on any atom is -0.455 e. The number of anilines is 1. The molecule has 0 spiro atoms. The van der Waals surface area contributed by atoms with Crippen molar-refractivity contribution in [1.29, 1.82) is 0 Å². The summed E-state index contributed by atoms with van der Waals surface area (Å²) in [4.78, 5) is 21.3. The number of benzene rings is 2. The lowest BCUT2D eigenvalue weighted by atomic mass is 10.2. The van der Waals surface area contributed by atoms with Gasteiger partial charge in [-0.3, -0.25) is 14.9 Å². The Kier molecular flexibility index (Phi) is 5.22. The van der Waals surface area contributed by atoms with E-state index in [1.54, 1.807) is 12.1 Å². The average molecular weight is 446 g/mol. The molecule has 7 nitrogen and oxygen atoms in total. The summed E-state index contributed by atoms with van der Waals surface area (Å²) in [5.41, 5.74) is 5.35. The van der Waals surface area contributed by atoms with E-state index in [0.29, 0.717) is 20.4 Å². The highest BCUT2D eigenvalue weighted by Crippen LogP contribution is 2.41. The molecule has 120 valence electrons. The van der Waals surface area contributed by atoms with E-state index < -0.39 is 10.9 Å². The van der Waals surface area contributed by atoms with Gasteiger partial charge in [0.2, 0.25) is 0 Å². The lowest BCUT2D eigenvalue weighted by molar-refractivity contribution is -0.384. The molecule has 0 amide bonds. The third kappa shape index (κ3) is 4.20.